The Morgan fingerprint density at radius 1 is 1.24 bits per heavy atom. The van der Waals surface area contributed by atoms with Gasteiger partial charge in [-0.2, -0.15) is 5.26 Å². The summed E-state index contributed by atoms with van der Waals surface area (Å²) < 4.78 is 10.9. The van der Waals surface area contributed by atoms with E-state index in [0.717, 1.165) is 11.3 Å². The van der Waals surface area contributed by atoms with Crippen molar-refractivity contribution in [2.75, 3.05) is 13.2 Å². The Morgan fingerprint density at radius 3 is 2.88 bits per heavy atom. The molecule has 3 rings (SSSR count). The summed E-state index contributed by atoms with van der Waals surface area (Å²) in [5.74, 6) is 1.44. The van der Waals surface area contributed by atoms with Crippen LogP contribution in [0.3, 0.4) is 0 Å². The maximum atomic E-state index is 8.92. The van der Waals surface area contributed by atoms with Gasteiger partial charge in [0.25, 0.3) is 0 Å². The van der Waals surface area contributed by atoms with E-state index in [1.54, 1.807) is 0 Å². The molecule has 0 bridgehead atoms. The number of H-pyrrole nitrogens is 1. The van der Waals surface area contributed by atoms with Gasteiger partial charge in [-0.05, 0) is 18.2 Å². The van der Waals surface area contributed by atoms with E-state index in [4.69, 9.17) is 14.7 Å². The van der Waals surface area contributed by atoms with Gasteiger partial charge in [0, 0.05) is 5.56 Å². The van der Waals surface area contributed by atoms with Gasteiger partial charge in [0.2, 0.25) is 0 Å². The van der Waals surface area contributed by atoms with Crippen molar-refractivity contribution in [3.05, 3.63) is 30.2 Å². The topological polar surface area (TPSA) is 70.9 Å². The molecule has 84 valence electrons. The average molecular weight is 227 g/mol. The summed E-state index contributed by atoms with van der Waals surface area (Å²) in [5.41, 5.74) is 1.94. The van der Waals surface area contributed by atoms with Crippen LogP contribution in [-0.4, -0.2) is 23.2 Å². The number of hydrogen-bond donors (Lipinski definition) is 1. The van der Waals surface area contributed by atoms with Crippen LogP contribution in [0.2, 0.25) is 0 Å². The average Bonchev–Trinajstić information content (AvgIpc) is 2.86. The molecule has 2 heterocycles. The van der Waals surface area contributed by atoms with E-state index in [-0.39, 0.29) is 0 Å². The molecule has 0 spiro atoms. The Labute approximate surface area is 97.6 Å². The molecular formula is C12H9N3O2. The lowest BCUT2D eigenvalue weighted by Gasteiger charge is -2.18. The summed E-state index contributed by atoms with van der Waals surface area (Å²) in [5, 5.41) is 8.92. The fourth-order valence-corrected chi connectivity index (χ4v) is 1.80. The third kappa shape index (κ3) is 1.60. The number of nitriles is 1. The van der Waals surface area contributed by atoms with Crippen molar-refractivity contribution >= 4 is 0 Å². The first kappa shape index (κ1) is 9.73. The fraction of sp³-hybridized carbons (Fsp3) is 0.167. The summed E-state index contributed by atoms with van der Waals surface area (Å²) >= 11 is 0. The number of rotatable bonds is 1. The molecular weight excluding hydrogens is 218 g/mol. The van der Waals surface area contributed by atoms with Crippen molar-refractivity contribution in [2.24, 2.45) is 0 Å². The van der Waals surface area contributed by atoms with Gasteiger partial charge in [0.1, 0.15) is 19.3 Å². The van der Waals surface area contributed by atoms with Gasteiger partial charge < -0.3 is 14.5 Å². The number of nitrogens with zero attached hydrogens (tertiary/aromatic N) is 2. The van der Waals surface area contributed by atoms with Crippen LogP contribution < -0.4 is 9.47 Å². The predicted molar refractivity (Wildman–Crippen MR) is 59.7 cm³/mol. The molecule has 17 heavy (non-hydrogen) atoms. The van der Waals surface area contributed by atoms with Crippen LogP contribution >= 0.6 is 0 Å². The first-order chi connectivity index (χ1) is 8.38. The van der Waals surface area contributed by atoms with E-state index in [9.17, 15) is 0 Å². The van der Waals surface area contributed by atoms with Crippen LogP contribution in [0.15, 0.2) is 24.5 Å². The first-order valence-electron chi connectivity index (χ1n) is 5.22. The van der Waals surface area contributed by atoms with Gasteiger partial charge in [0.05, 0.1) is 12.0 Å². The van der Waals surface area contributed by atoms with Crippen LogP contribution in [0, 0.1) is 11.3 Å². The highest BCUT2D eigenvalue weighted by Crippen LogP contribution is 2.34. The zero-order chi connectivity index (χ0) is 11.7. The molecule has 1 aromatic heterocycles. The third-order valence-electron chi connectivity index (χ3n) is 2.58. The summed E-state index contributed by atoms with van der Waals surface area (Å²) in [6.45, 7) is 1.12. The van der Waals surface area contributed by atoms with Crippen molar-refractivity contribution in [1.82, 2.24) is 9.97 Å². The van der Waals surface area contributed by atoms with Gasteiger partial charge in [-0.3, -0.25) is 0 Å². The Morgan fingerprint density at radius 2 is 2.06 bits per heavy atom. The highest BCUT2D eigenvalue weighted by molar-refractivity contribution is 5.68. The third-order valence-corrected chi connectivity index (χ3v) is 2.58. The maximum Gasteiger partial charge on any atom is 0.166 e. The van der Waals surface area contributed by atoms with Crippen molar-refractivity contribution in [1.29, 1.82) is 5.26 Å². The van der Waals surface area contributed by atoms with Crippen LogP contribution in [-0.2, 0) is 0 Å². The molecule has 1 aliphatic rings. The van der Waals surface area contributed by atoms with Crippen molar-refractivity contribution in [2.45, 2.75) is 0 Å². The number of fused-ring (bicyclic) bond motifs is 1. The molecule has 1 aliphatic heterocycles. The number of benzene rings is 1. The van der Waals surface area contributed by atoms with Crippen molar-refractivity contribution in [3.8, 4) is 28.8 Å². The van der Waals surface area contributed by atoms with Crippen LogP contribution in [0.1, 0.15) is 5.69 Å². The molecule has 0 unspecified atom stereocenters. The number of imidazole rings is 1. The number of aromatic amines is 1. The number of aromatic nitrogens is 2. The van der Waals surface area contributed by atoms with Crippen LogP contribution in [0.25, 0.3) is 11.3 Å². The van der Waals surface area contributed by atoms with Crippen LogP contribution in [0.5, 0.6) is 11.5 Å². The van der Waals surface area contributed by atoms with E-state index in [1.165, 1.54) is 6.33 Å². The largest absolute Gasteiger partial charge is 0.486 e. The minimum Gasteiger partial charge on any atom is -0.486 e. The molecule has 1 aromatic carbocycles. The van der Waals surface area contributed by atoms with Gasteiger partial charge in [0.15, 0.2) is 17.2 Å². The second kappa shape index (κ2) is 3.83. The molecule has 0 fully saturated rings. The van der Waals surface area contributed by atoms with E-state index in [2.05, 4.69) is 9.97 Å². The molecule has 0 saturated carbocycles. The quantitative estimate of drug-likeness (QED) is 0.805. The summed E-state index contributed by atoms with van der Waals surface area (Å²) in [7, 11) is 0. The summed E-state index contributed by atoms with van der Waals surface area (Å²) in [6, 6.07) is 7.61. The SMILES string of the molecule is N#Cc1nc[nH]c1-c1ccc2c(c1)OCCO2. The lowest BCUT2D eigenvalue weighted by Crippen LogP contribution is -2.15. The van der Waals surface area contributed by atoms with Gasteiger partial charge in [-0.1, -0.05) is 0 Å². The van der Waals surface area contributed by atoms with Crippen molar-refractivity contribution < 1.29 is 9.47 Å². The minimum atomic E-state index is 0.377. The lowest BCUT2D eigenvalue weighted by atomic mass is 10.1. The molecule has 5 heteroatoms. The monoisotopic (exact) mass is 227 g/mol. The Kier molecular flexibility index (Phi) is 2.19. The van der Waals surface area contributed by atoms with E-state index in [0.29, 0.717) is 30.4 Å². The number of nitrogens with one attached hydrogen (secondary N) is 1. The molecule has 0 atom stereocenters. The Balaban J connectivity index is 2.08. The number of ether oxygens (including phenoxy) is 2. The Hall–Kier alpha value is -2.48. The van der Waals surface area contributed by atoms with Gasteiger partial charge in [-0.25, -0.2) is 4.98 Å². The first-order valence-corrected chi connectivity index (χ1v) is 5.22. The molecule has 0 amide bonds. The second-order valence-corrected chi connectivity index (χ2v) is 3.60. The van der Waals surface area contributed by atoms with Crippen molar-refractivity contribution in [3.63, 3.8) is 0 Å². The van der Waals surface area contributed by atoms with Crippen LogP contribution in [0.4, 0.5) is 0 Å². The zero-order valence-electron chi connectivity index (χ0n) is 8.93. The summed E-state index contributed by atoms with van der Waals surface area (Å²) in [6.07, 6.45) is 1.50. The fourth-order valence-electron chi connectivity index (χ4n) is 1.80. The molecule has 0 radical (unpaired) electrons. The second-order valence-electron chi connectivity index (χ2n) is 3.60. The minimum absolute atomic E-state index is 0.377. The van der Waals surface area contributed by atoms with E-state index >= 15 is 0 Å². The highest BCUT2D eigenvalue weighted by Gasteiger charge is 2.14. The normalized spacial score (nSPS) is 13.1. The van der Waals surface area contributed by atoms with Gasteiger partial charge in [-0.15, -0.1) is 0 Å². The number of hydrogen-bond acceptors (Lipinski definition) is 4. The molecule has 1 N–H and O–H groups in total. The lowest BCUT2D eigenvalue weighted by molar-refractivity contribution is 0.171. The van der Waals surface area contributed by atoms with E-state index in [1.807, 2.05) is 24.3 Å². The smallest absolute Gasteiger partial charge is 0.166 e. The zero-order valence-corrected chi connectivity index (χ0v) is 8.93. The molecule has 5 nitrogen and oxygen atoms in total. The summed E-state index contributed by atoms with van der Waals surface area (Å²) in [4.78, 5) is 6.88. The molecule has 2 aromatic rings. The Bertz CT molecular complexity index is 598. The maximum absolute atomic E-state index is 8.92. The van der Waals surface area contributed by atoms with E-state index < -0.39 is 0 Å². The predicted octanol–water partition coefficient (Wildman–Crippen LogP) is 1.72. The molecule has 0 aliphatic carbocycles. The van der Waals surface area contributed by atoms with Gasteiger partial charge >= 0.3 is 0 Å². The standard InChI is InChI=1S/C12H9N3O2/c13-6-9-12(15-7-14-9)8-1-2-10-11(5-8)17-4-3-16-10/h1-2,5,7H,3-4H2,(H,14,15). The molecule has 0 saturated heterocycles. The highest BCUT2D eigenvalue weighted by atomic mass is 16.6.